The minimum Gasteiger partial charge on any atom is -0.353 e. The summed E-state index contributed by atoms with van der Waals surface area (Å²) in [5.74, 6) is 0.181. The zero-order chi connectivity index (χ0) is 13.7. The van der Waals surface area contributed by atoms with E-state index in [0.29, 0.717) is 12.5 Å². The van der Waals surface area contributed by atoms with Gasteiger partial charge in [-0.25, -0.2) is 0 Å². The van der Waals surface area contributed by atoms with Crippen LogP contribution < -0.4 is 5.32 Å². The smallest absolute Gasteiger partial charge is 0.220 e. The normalized spacial score (nSPS) is 16.4. The van der Waals surface area contributed by atoms with Crippen LogP contribution in [0.1, 0.15) is 43.2 Å². The fourth-order valence-electron chi connectivity index (χ4n) is 2.61. The summed E-state index contributed by atoms with van der Waals surface area (Å²) < 4.78 is 0. The molecule has 1 aliphatic rings. The van der Waals surface area contributed by atoms with E-state index in [1.54, 1.807) is 0 Å². The lowest BCUT2D eigenvalue weighted by Gasteiger charge is -2.24. The predicted octanol–water partition coefficient (Wildman–Crippen LogP) is 3.54. The second-order valence-electron chi connectivity index (χ2n) is 5.52. The van der Waals surface area contributed by atoms with Crippen LogP contribution >= 0.6 is 0 Å². The largest absolute Gasteiger partial charge is 0.353 e. The van der Waals surface area contributed by atoms with Gasteiger partial charge in [-0.15, -0.1) is 0 Å². The molecule has 0 aliphatic heterocycles. The molecule has 1 N–H and O–H groups in total. The Morgan fingerprint density at radius 2 is 2.00 bits per heavy atom. The molecule has 0 spiro atoms. The van der Waals surface area contributed by atoms with Crippen LogP contribution in [0.15, 0.2) is 36.4 Å². The summed E-state index contributed by atoms with van der Waals surface area (Å²) in [6, 6.07) is 8.63. The number of rotatable bonds is 4. The molecule has 2 nitrogen and oxygen atoms in total. The highest BCUT2D eigenvalue weighted by Gasteiger charge is 2.17. The highest BCUT2D eigenvalue weighted by Crippen LogP contribution is 2.21. The summed E-state index contributed by atoms with van der Waals surface area (Å²) >= 11 is 0. The van der Waals surface area contributed by atoms with Gasteiger partial charge in [0.15, 0.2) is 0 Å². The third-order valence-electron chi connectivity index (χ3n) is 3.94. The highest BCUT2D eigenvalue weighted by atomic mass is 16.1. The Labute approximate surface area is 115 Å². The molecule has 19 heavy (non-hydrogen) atoms. The Balaban J connectivity index is 1.76. The molecule has 1 amide bonds. The van der Waals surface area contributed by atoms with E-state index in [2.05, 4.69) is 31.0 Å². The van der Waals surface area contributed by atoms with E-state index in [1.807, 2.05) is 12.1 Å². The molecular formula is C17H23NO. The SMILES string of the molecule is C=C1CCC(NC(=O)CCc2ccccc2C)CC1. The summed E-state index contributed by atoms with van der Waals surface area (Å²) in [5, 5.41) is 3.15. The van der Waals surface area contributed by atoms with Crippen LogP contribution in [0.4, 0.5) is 0 Å². The van der Waals surface area contributed by atoms with Gasteiger partial charge >= 0.3 is 0 Å². The van der Waals surface area contributed by atoms with Gasteiger partial charge in [-0.05, 0) is 50.2 Å². The van der Waals surface area contributed by atoms with Gasteiger partial charge in [0.2, 0.25) is 5.91 Å². The lowest BCUT2D eigenvalue weighted by atomic mass is 9.92. The van der Waals surface area contributed by atoms with Gasteiger partial charge in [0.1, 0.15) is 0 Å². The lowest BCUT2D eigenvalue weighted by Crippen LogP contribution is -2.36. The summed E-state index contributed by atoms with van der Waals surface area (Å²) in [4.78, 5) is 11.9. The monoisotopic (exact) mass is 257 g/mol. The van der Waals surface area contributed by atoms with Crippen molar-refractivity contribution >= 4 is 5.91 Å². The van der Waals surface area contributed by atoms with Crippen LogP contribution in [-0.4, -0.2) is 11.9 Å². The lowest BCUT2D eigenvalue weighted by molar-refractivity contribution is -0.121. The van der Waals surface area contributed by atoms with Crippen LogP contribution in [-0.2, 0) is 11.2 Å². The van der Waals surface area contributed by atoms with Crippen molar-refractivity contribution in [3.63, 3.8) is 0 Å². The van der Waals surface area contributed by atoms with Crippen molar-refractivity contribution in [2.24, 2.45) is 0 Å². The van der Waals surface area contributed by atoms with E-state index in [0.717, 1.165) is 32.1 Å². The van der Waals surface area contributed by atoms with Crippen LogP contribution in [0, 0.1) is 6.92 Å². The first kappa shape index (κ1) is 13.9. The number of hydrogen-bond acceptors (Lipinski definition) is 1. The Morgan fingerprint density at radius 1 is 1.32 bits per heavy atom. The van der Waals surface area contributed by atoms with Gasteiger partial charge in [0.05, 0.1) is 0 Å². The van der Waals surface area contributed by atoms with Crippen LogP contribution in [0.5, 0.6) is 0 Å². The molecule has 0 unspecified atom stereocenters. The van der Waals surface area contributed by atoms with Crippen molar-refractivity contribution in [1.82, 2.24) is 5.32 Å². The van der Waals surface area contributed by atoms with Gasteiger partial charge in [-0.1, -0.05) is 36.4 Å². The average Bonchev–Trinajstić information content (AvgIpc) is 2.40. The number of benzene rings is 1. The van der Waals surface area contributed by atoms with E-state index in [9.17, 15) is 4.79 Å². The standard InChI is InChI=1S/C17H23NO/c1-13-7-10-16(11-8-13)18-17(19)12-9-15-6-4-3-5-14(15)2/h3-6,16H,1,7-12H2,2H3,(H,18,19). The molecule has 0 heterocycles. The number of aryl methyl sites for hydroxylation is 2. The van der Waals surface area contributed by atoms with E-state index >= 15 is 0 Å². The number of nitrogens with one attached hydrogen (secondary N) is 1. The number of amides is 1. The molecule has 1 aromatic rings. The quantitative estimate of drug-likeness (QED) is 0.821. The van der Waals surface area contributed by atoms with Crippen molar-refractivity contribution < 1.29 is 4.79 Å². The first-order valence-electron chi connectivity index (χ1n) is 7.15. The Bertz CT molecular complexity index is 454. The summed E-state index contributed by atoms with van der Waals surface area (Å²) in [7, 11) is 0. The molecule has 0 atom stereocenters. The molecule has 0 aromatic heterocycles. The minimum absolute atomic E-state index is 0.181. The van der Waals surface area contributed by atoms with Crippen molar-refractivity contribution in [3.8, 4) is 0 Å². The van der Waals surface area contributed by atoms with Crippen LogP contribution in [0.2, 0.25) is 0 Å². The average molecular weight is 257 g/mol. The van der Waals surface area contributed by atoms with Gasteiger partial charge in [-0.3, -0.25) is 4.79 Å². The molecule has 0 saturated heterocycles. The van der Waals surface area contributed by atoms with Gasteiger partial charge < -0.3 is 5.32 Å². The summed E-state index contributed by atoms with van der Waals surface area (Å²) in [6.07, 6.45) is 5.63. The zero-order valence-corrected chi connectivity index (χ0v) is 11.7. The van der Waals surface area contributed by atoms with Crippen molar-refractivity contribution in [2.45, 2.75) is 51.5 Å². The maximum absolute atomic E-state index is 11.9. The predicted molar refractivity (Wildman–Crippen MR) is 79.0 cm³/mol. The zero-order valence-electron chi connectivity index (χ0n) is 11.7. The fourth-order valence-corrected chi connectivity index (χ4v) is 2.61. The topological polar surface area (TPSA) is 29.1 Å². The summed E-state index contributed by atoms with van der Waals surface area (Å²) in [5.41, 5.74) is 3.87. The van der Waals surface area contributed by atoms with Crippen molar-refractivity contribution in [2.75, 3.05) is 0 Å². The molecule has 1 fully saturated rings. The molecule has 2 rings (SSSR count). The number of allylic oxidation sites excluding steroid dienone is 1. The molecule has 1 aromatic carbocycles. The maximum atomic E-state index is 11.9. The van der Waals surface area contributed by atoms with Crippen LogP contribution in [0.25, 0.3) is 0 Å². The third kappa shape index (κ3) is 4.23. The summed E-state index contributed by atoms with van der Waals surface area (Å²) in [6.45, 7) is 6.10. The van der Waals surface area contributed by atoms with E-state index in [-0.39, 0.29) is 5.91 Å². The molecular weight excluding hydrogens is 234 g/mol. The maximum Gasteiger partial charge on any atom is 0.220 e. The fraction of sp³-hybridized carbons (Fsp3) is 0.471. The number of carbonyl (C=O) groups excluding carboxylic acids is 1. The van der Waals surface area contributed by atoms with Gasteiger partial charge in [0.25, 0.3) is 0 Å². The van der Waals surface area contributed by atoms with Crippen LogP contribution in [0.3, 0.4) is 0 Å². The first-order valence-corrected chi connectivity index (χ1v) is 7.15. The van der Waals surface area contributed by atoms with Crippen molar-refractivity contribution in [3.05, 3.63) is 47.5 Å². The van der Waals surface area contributed by atoms with Gasteiger partial charge in [0, 0.05) is 12.5 Å². The van der Waals surface area contributed by atoms with E-state index < -0.39 is 0 Å². The molecule has 2 heteroatoms. The minimum atomic E-state index is 0.181. The number of carbonyl (C=O) groups is 1. The Hall–Kier alpha value is -1.57. The highest BCUT2D eigenvalue weighted by molar-refractivity contribution is 5.76. The Kier molecular flexibility index (Phi) is 4.78. The molecule has 0 radical (unpaired) electrons. The third-order valence-corrected chi connectivity index (χ3v) is 3.94. The second-order valence-corrected chi connectivity index (χ2v) is 5.52. The van der Waals surface area contributed by atoms with Crippen molar-refractivity contribution in [1.29, 1.82) is 0 Å². The number of hydrogen-bond donors (Lipinski definition) is 1. The Morgan fingerprint density at radius 3 is 2.68 bits per heavy atom. The van der Waals surface area contributed by atoms with Gasteiger partial charge in [-0.2, -0.15) is 0 Å². The molecule has 1 saturated carbocycles. The molecule has 102 valence electrons. The first-order chi connectivity index (χ1) is 9.15. The van der Waals surface area contributed by atoms with E-state index in [1.165, 1.54) is 16.7 Å². The molecule has 0 bridgehead atoms. The molecule has 1 aliphatic carbocycles. The van der Waals surface area contributed by atoms with E-state index in [4.69, 9.17) is 0 Å². The second kappa shape index (κ2) is 6.55.